The predicted octanol–water partition coefficient (Wildman–Crippen LogP) is 0.574. The van der Waals surface area contributed by atoms with Gasteiger partial charge in [0.1, 0.15) is 6.54 Å². The molecule has 1 aromatic heterocycles. The van der Waals surface area contributed by atoms with E-state index in [9.17, 15) is 9.59 Å². The van der Waals surface area contributed by atoms with Crippen molar-refractivity contribution in [3.05, 3.63) is 40.9 Å². The molecule has 2 atom stereocenters. The van der Waals surface area contributed by atoms with Crippen molar-refractivity contribution in [2.45, 2.75) is 25.1 Å². The zero-order valence-electron chi connectivity index (χ0n) is 14.9. The summed E-state index contributed by atoms with van der Waals surface area (Å²) in [7, 11) is 5.53. The fourth-order valence-corrected chi connectivity index (χ4v) is 3.32. The number of amides is 1. The highest BCUT2D eigenvalue weighted by atomic mass is 16.5. The lowest BCUT2D eigenvalue weighted by atomic mass is 10.2. The maximum absolute atomic E-state index is 12.5. The summed E-state index contributed by atoms with van der Waals surface area (Å²) in [6, 6.07) is 7.42. The second-order valence-corrected chi connectivity index (χ2v) is 6.66. The van der Waals surface area contributed by atoms with Crippen molar-refractivity contribution in [2.24, 2.45) is 0 Å². The average Bonchev–Trinajstić information content (AvgIpc) is 2.97. The van der Waals surface area contributed by atoms with Crippen LogP contribution in [0.4, 0.5) is 0 Å². The van der Waals surface area contributed by atoms with E-state index in [4.69, 9.17) is 4.74 Å². The third-order valence-electron chi connectivity index (χ3n) is 4.93. The fraction of sp³-hybridized carbons (Fsp3) is 0.500. The van der Waals surface area contributed by atoms with E-state index >= 15 is 0 Å². The van der Waals surface area contributed by atoms with Crippen LogP contribution in [0.25, 0.3) is 10.9 Å². The second-order valence-electron chi connectivity index (χ2n) is 6.66. The van der Waals surface area contributed by atoms with Crippen LogP contribution in [0.1, 0.15) is 6.42 Å². The van der Waals surface area contributed by atoms with Gasteiger partial charge in [-0.1, -0.05) is 12.1 Å². The number of likely N-dealkylation sites (N-methyl/N-ethyl adjacent to an activating group) is 2. The van der Waals surface area contributed by atoms with Gasteiger partial charge in [-0.2, -0.15) is 0 Å². The number of likely N-dealkylation sites (tertiary alicyclic amines) is 1. The summed E-state index contributed by atoms with van der Waals surface area (Å²) in [6.45, 7) is 1.49. The van der Waals surface area contributed by atoms with E-state index in [0.29, 0.717) is 17.4 Å². The molecule has 25 heavy (non-hydrogen) atoms. The summed E-state index contributed by atoms with van der Waals surface area (Å²) in [5.41, 5.74) is 0.451. The quantitative estimate of drug-likeness (QED) is 0.793. The first-order valence-corrected chi connectivity index (χ1v) is 8.40. The number of benzene rings is 1. The van der Waals surface area contributed by atoms with E-state index in [2.05, 4.69) is 9.88 Å². The van der Waals surface area contributed by atoms with Gasteiger partial charge in [-0.05, 0) is 25.6 Å². The number of carbonyl (C=O) groups is 1. The predicted molar refractivity (Wildman–Crippen MR) is 95.5 cm³/mol. The van der Waals surface area contributed by atoms with Gasteiger partial charge in [-0.3, -0.25) is 19.1 Å². The number of hydrogen-bond donors (Lipinski definition) is 0. The van der Waals surface area contributed by atoms with Crippen molar-refractivity contribution >= 4 is 16.8 Å². The van der Waals surface area contributed by atoms with Gasteiger partial charge in [0.15, 0.2) is 0 Å². The van der Waals surface area contributed by atoms with Gasteiger partial charge in [0, 0.05) is 33.3 Å². The highest BCUT2D eigenvalue weighted by Gasteiger charge is 2.31. The van der Waals surface area contributed by atoms with Crippen molar-refractivity contribution in [1.82, 2.24) is 19.4 Å². The van der Waals surface area contributed by atoms with Crippen LogP contribution in [0.3, 0.4) is 0 Å². The third-order valence-corrected chi connectivity index (χ3v) is 4.93. The molecule has 0 unspecified atom stereocenters. The zero-order chi connectivity index (χ0) is 18.0. The Labute approximate surface area is 146 Å². The number of methoxy groups -OCH3 is 1. The summed E-state index contributed by atoms with van der Waals surface area (Å²) in [5.74, 6) is -0.103. The third kappa shape index (κ3) is 3.72. The standard InChI is InChI=1S/C18H24N4O3/c1-20-10-14(25-3)8-13(20)9-21(2)17(23)11-22-12-19-16-7-5-4-6-15(16)18(22)24/h4-7,12-14H,8-11H2,1-3H3/t13-,14-/m0/s1. The summed E-state index contributed by atoms with van der Waals surface area (Å²) >= 11 is 0. The molecule has 0 radical (unpaired) electrons. The zero-order valence-corrected chi connectivity index (χ0v) is 14.9. The molecule has 2 heterocycles. The lowest BCUT2D eigenvalue weighted by Gasteiger charge is -2.25. The van der Waals surface area contributed by atoms with Crippen LogP contribution >= 0.6 is 0 Å². The van der Waals surface area contributed by atoms with E-state index in [1.54, 1.807) is 37.3 Å². The molecule has 1 amide bonds. The van der Waals surface area contributed by atoms with Crippen molar-refractivity contribution in [2.75, 3.05) is 34.3 Å². The van der Waals surface area contributed by atoms with Crippen molar-refractivity contribution < 1.29 is 9.53 Å². The number of hydrogen-bond acceptors (Lipinski definition) is 5. The molecule has 1 saturated heterocycles. The van der Waals surface area contributed by atoms with Gasteiger partial charge in [0.2, 0.25) is 5.91 Å². The van der Waals surface area contributed by atoms with E-state index in [1.807, 2.05) is 13.1 Å². The molecule has 0 bridgehead atoms. The number of rotatable bonds is 5. The summed E-state index contributed by atoms with van der Waals surface area (Å²) in [5, 5.41) is 0.527. The van der Waals surface area contributed by atoms with Crippen LogP contribution in [0.15, 0.2) is 35.4 Å². The summed E-state index contributed by atoms with van der Waals surface area (Å²) < 4.78 is 6.78. The number of ether oxygens (including phenoxy) is 1. The first-order chi connectivity index (χ1) is 12.0. The Kier molecular flexibility index (Phi) is 5.15. The molecule has 3 rings (SSSR count). The number of aromatic nitrogens is 2. The fourth-order valence-electron chi connectivity index (χ4n) is 3.32. The molecular formula is C18H24N4O3. The molecule has 2 aromatic rings. The lowest BCUT2D eigenvalue weighted by molar-refractivity contribution is -0.131. The maximum Gasteiger partial charge on any atom is 0.261 e. The van der Waals surface area contributed by atoms with Gasteiger partial charge in [-0.15, -0.1) is 0 Å². The maximum atomic E-state index is 12.5. The first-order valence-electron chi connectivity index (χ1n) is 8.40. The van der Waals surface area contributed by atoms with Crippen LogP contribution in [-0.2, 0) is 16.1 Å². The topological polar surface area (TPSA) is 67.7 Å². The van der Waals surface area contributed by atoms with E-state index < -0.39 is 0 Å². The number of fused-ring (bicyclic) bond motifs is 1. The molecule has 7 nitrogen and oxygen atoms in total. The van der Waals surface area contributed by atoms with Gasteiger partial charge in [-0.25, -0.2) is 4.98 Å². The SMILES string of the molecule is CO[C@H]1C[C@@H](CN(C)C(=O)Cn2cnc3ccccc3c2=O)N(C)C1. The molecule has 134 valence electrons. The second kappa shape index (κ2) is 7.33. The number of para-hydroxylation sites is 1. The summed E-state index contributed by atoms with van der Waals surface area (Å²) in [6.07, 6.45) is 2.56. The Hall–Kier alpha value is -2.25. The molecule has 1 aromatic carbocycles. The molecule has 0 saturated carbocycles. The Morgan fingerprint density at radius 1 is 1.40 bits per heavy atom. The normalized spacial score (nSPS) is 20.9. The molecule has 1 fully saturated rings. The molecular weight excluding hydrogens is 320 g/mol. The lowest BCUT2D eigenvalue weighted by Crippen LogP contribution is -2.41. The Morgan fingerprint density at radius 2 is 2.16 bits per heavy atom. The van der Waals surface area contributed by atoms with E-state index in [-0.39, 0.29) is 30.2 Å². The largest absolute Gasteiger partial charge is 0.380 e. The Bertz CT molecular complexity index is 819. The highest BCUT2D eigenvalue weighted by molar-refractivity contribution is 5.78. The van der Waals surface area contributed by atoms with Crippen molar-refractivity contribution in [3.63, 3.8) is 0 Å². The van der Waals surface area contributed by atoms with Gasteiger partial charge >= 0.3 is 0 Å². The minimum atomic E-state index is -0.190. The van der Waals surface area contributed by atoms with Crippen LogP contribution in [0.2, 0.25) is 0 Å². The highest BCUT2D eigenvalue weighted by Crippen LogP contribution is 2.18. The smallest absolute Gasteiger partial charge is 0.261 e. The Balaban J connectivity index is 1.68. The molecule has 0 aliphatic carbocycles. The van der Waals surface area contributed by atoms with Crippen molar-refractivity contribution in [3.8, 4) is 0 Å². The molecule has 0 spiro atoms. The average molecular weight is 344 g/mol. The molecule has 1 aliphatic rings. The van der Waals surface area contributed by atoms with Crippen molar-refractivity contribution in [1.29, 1.82) is 0 Å². The molecule has 1 aliphatic heterocycles. The number of carbonyl (C=O) groups excluding carboxylic acids is 1. The number of nitrogens with zero attached hydrogens (tertiary/aromatic N) is 4. The summed E-state index contributed by atoms with van der Waals surface area (Å²) in [4.78, 5) is 33.2. The first kappa shape index (κ1) is 17.6. The monoisotopic (exact) mass is 344 g/mol. The van der Waals surface area contributed by atoms with Gasteiger partial charge in [0.05, 0.1) is 23.3 Å². The Morgan fingerprint density at radius 3 is 2.88 bits per heavy atom. The molecule has 0 N–H and O–H groups in total. The van der Waals surface area contributed by atoms with Crippen LogP contribution in [-0.4, -0.2) is 71.7 Å². The van der Waals surface area contributed by atoms with Crippen LogP contribution < -0.4 is 5.56 Å². The van der Waals surface area contributed by atoms with Crippen LogP contribution in [0, 0.1) is 0 Å². The minimum absolute atomic E-state index is 0.00267. The van der Waals surface area contributed by atoms with Crippen LogP contribution in [0.5, 0.6) is 0 Å². The van der Waals surface area contributed by atoms with E-state index in [1.165, 1.54) is 10.9 Å². The minimum Gasteiger partial charge on any atom is -0.380 e. The van der Waals surface area contributed by atoms with Gasteiger partial charge in [0.25, 0.3) is 5.56 Å². The molecule has 7 heteroatoms. The van der Waals surface area contributed by atoms with Gasteiger partial charge < -0.3 is 9.64 Å². The van der Waals surface area contributed by atoms with E-state index in [0.717, 1.165) is 13.0 Å².